The van der Waals surface area contributed by atoms with Gasteiger partial charge in [0.2, 0.25) is 5.89 Å². The summed E-state index contributed by atoms with van der Waals surface area (Å²) in [6, 6.07) is 0. The summed E-state index contributed by atoms with van der Waals surface area (Å²) in [5.74, 6) is -0.0356. The molecule has 1 N–H and O–H groups in total. The molecule has 18 heavy (non-hydrogen) atoms. The SMILES string of the molecule is CC(CN(C)Cc1noc(C(C)(C)C)n1)C(=O)O. The zero-order valence-electron chi connectivity index (χ0n) is 11.6. The topological polar surface area (TPSA) is 79.5 Å². The van der Waals surface area contributed by atoms with Crippen molar-refractivity contribution >= 4 is 5.97 Å². The molecule has 0 aliphatic carbocycles. The minimum Gasteiger partial charge on any atom is -0.481 e. The molecule has 0 spiro atoms. The fraction of sp³-hybridized carbons (Fsp3) is 0.750. The molecule has 102 valence electrons. The van der Waals surface area contributed by atoms with E-state index in [1.54, 1.807) is 6.92 Å². The van der Waals surface area contributed by atoms with E-state index < -0.39 is 11.9 Å². The van der Waals surface area contributed by atoms with Gasteiger partial charge in [-0.3, -0.25) is 9.69 Å². The smallest absolute Gasteiger partial charge is 0.307 e. The molecule has 1 heterocycles. The number of carbonyl (C=O) groups is 1. The lowest BCUT2D eigenvalue weighted by atomic mass is 9.97. The number of hydrogen-bond donors (Lipinski definition) is 1. The van der Waals surface area contributed by atoms with Crippen molar-refractivity contribution in [1.29, 1.82) is 0 Å². The maximum Gasteiger partial charge on any atom is 0.307 e. The summed E-state index contributed by atoms with van der Waals surface area (Å²) in [6.07, 6.45) is 0. The van der Waals surface area contributed by atoms with Crippen LogP contribution >= 0.6 is 0 Å². The number of rotatable bonds is 5. The predicted octanol–water partition coefficient (Wildman–Crippen LogP) is 1.52. The van der Waals surface area contributed by atoms with Gasteiger partial charge in [0.15, 0.2) is 5.82 Å². The Morgan fingerprint density at radius 3 is 2.56 bits per heavy atom. The maximum atomic E-state index is 10.7. The molecule has 0 amide bonds. The van der Waals surface area contributed by atoms with E-state index in [4.69, 9.17) is 9.63 Å². The molecule has 6 heteroatoms. The average molecular weight is 255 g/mol. The van der Waals surface area contributed by atoms with Crippen LogP contribution in [0.1, 0.15) is 39.4 Å². The van der Waals surface area contributed by atoms with Crippen molar-refractivity contribution in [2.24, 2.45) is 5.92 Å². The molecule has 0 fully saturated rings. The van der Waals surface area contributed by atoms with Gasteiger partial charge in [0, 0.05) is 12.0 Å². The van der Waals surface area contributed by atoms with Gasteiger partial charge in [-0.1, -0.05) is 32.9 Å². The van der Waals surface area contributed by atoms with Crippen LogP contribution in [0.5, 0.6) is 0 Å². The number of carboxylic acid groups (broad SMARTS) is 1. The number of carboxylic acids is 1. The Bertz CT molecular complexity index is 409. The van der Waals surface area contributed by atoms with E-state index in [-0.39, 0.29) is 5.41 Å². The highest BCUT2D eigenvalue weighted by molar-refractivity contribution is 5.69. The van der Waals surface area contributed by atoms with E-state index in [1.807, 2.05) is 32.7 Å². The van der Waals surface area contributed by atoms with Gasteiger partial charge < -0.3 is 9.63 Å². The molecule has 0 radical (unpaired) electrons. The van der Waals surface area contributed by atoms with Gasteiger partial charge >= 0.3 is 5.97 Å². The zero-order valence-corrected chi connectivity index (χ0v) is 11.6. The van der Waals surface area contributed by atoms with E-state index in [1.165, 1.54) is 0 Å². The molecule has 1 atom stereocenters. The summed E-state index contributed by atoms with van der Waals surface area (Å²) in [5, 5.41) is 12.7. The summed E-state index contributed by atoms with van der Waals surface area (Å²) in [4.78, 5) is 16.9. The van der Waals surface area contributed by atoms with Gasteiger partial charge in [0.1, 0.15) is 0 Å². The first kappa shape index (κ1) is 14.6. The standard InChI is InChI=1S/C12H21N3O3/c1-8(10(16)17)6-15(5)7-9-13-11(18-14-9)12(2,3)4/h8H,6-7H2,1-5H3,(H,16,17). The Morgan fingerprint density at radius 2 is 2.11 bits per heavy atom. The van der Waals surface area contributed by atoms with Crippen LogP contribution in [-0.4, -0.2) is 39.7 Å². The van der Waals surface area contributed by atoms with Gasteiger partial charge in [-0.2, -0.15) is 4.98 Å². The van der Waals surface area contributed by atoms with Crippen molar-refractivity contribution in [3.05, 3.63) is 11.7 Å². The van der Waals surface area contributed by atoms with Crippen molar-refractivity contribution in [1.82, 2.24) is 15.0 Å². The fourth-order valence-electron chi connectivity index (χ4n) is 1.47. The number of hydrogen-bond acceptors (Lipinski definition) is 5. The van der Waals surface area contributed by atoms with Crippen molar-refractivity contribution in [2.75, 3.05) is 13.6 Å². The molecule has 6 nitrogen and oxygen atoms in total. The Balaban J connectivity index is 2.57. The molecule has 1 aromatic rings. The number of aliphatic carboxylic acids is 1. The normalized spacial score (nSPS) is 13.9. The van der Waals surface area contributed by atoms with E-state index in [0.29, 0.717) is 24.8 Å². The van der Waals surface area contributed by atoms with Crippen LogP contribution in [0.2, 0.25) is 0 Å². The van der Waals surface area contributed by atoms with Gasteiger partial charge in [0.25, 0.3) is 0 Å². The lowest BCUT2D eigenvalue weighted by molar-refractivity contribution is -0.141. The van der Waals surface area contributed by atoms with Crippen LogP contribution in [0.25, 0.3) is 0 Å². The Hall–Kier alpha value is -1.43. The molecule has 0 bridgehead atoms. The zero-order chi connectivity index (χ0) is 13.9. The van der Waals surface area contributed by atoms with Crippen molar-refractivity contribution < 1.29 is 14.4 Å². The second kappa shape index (κ2) is 5.48. The minimum atomic E-state index is -0.801. The third kappa shape index (κ3) is 4.10. The van der Waals surface area contributed by atoms with Crippen LogP contribution in [0.15, 0.2) is 4.52 Å². The average Bonchev–Trinajstić information content (AvgIpc) is 2.64. The Kier molecular flexibility index (Phi) is 4.45. The molecular formula is C12H21N3O3. The van der Waals surface area contributed by atoms with Gasteiger partial charge in [-0.25, -0.2) is 0 Å². The summed E-state index contributed by atoms with van der Waals surface area (Å²) < 4.78 is 5.18. The van der Waals surface area contributed by atoms with E-state index in [0.717, 1.165) is 0 Å². The third-order valence-electron chi connectivity index (χ3n) is 2.53. The molecular weight excluding hydrogens is 234 g/mol. The molecule has 0 aromatic carbocycles. The molecule has 0 aliphatic rings. The van der Waals surface area contributed by atoms with Crippen LogP contribution in [0.4, 0.5) is 0 Å². The minimum absolute atomic E-state index is 0.168. The number of aromatic nitrogens is 2. The second-order valence-corrected chi connectivity index (χ2v) is 5.70. The van der Waals surface area contributed by atoms with Crippen LogP contribution < -0.4 is 0 Å². The Morgan fingerprint density at radius 1 is 1.50 bits per heavy atom. The van der Waals surface area contributed by atoms with Crippen LogP contribution in [-0.2, 0) is 16.8 Å². The first-order chi connectivity index (χ1) is 8.20. The van der Waals surface area contributed by atoms with Gasteiger partial charge in [-0.15, -0.1) is 0 Å². The maximum absolute atomic E-state index is 10.7. The van der Waals surface area contributed by atoms with Crippen LogP contribution in [0, 0.1) is 5.92 Å². The lowest BCUT2D eigenvalue weighted by Crippen LogP contribution is -2.28. The van der Waals surface area contributed by atoms with E-state index in [9.17, 15) is 4.79 Å². The Labute approximate surface area is 107 Å². The largest absolute Gasteiger partial charge is 0.481 e. The molecule has 0 saturated heterocycles. The van der Waals surface area contributed by atoms with Gasteiger partial charge in [0.05, 0.1) is 12.5 Å². The summed E-state index contributed by atoms with van der Waals surface area (Å²) >= 11 is 0. The molecule has 0 aliphatic heterocycles. The van der Waals surface area contributed by atoms with E-state index >= 15 is 0 Å². The van der Waals surface area contributed by atoms with E-state index in [2.05, 4.69) is 10.1 Å². The van der Waals surface area contributed by atoms with Crippen molar-refractivity contribution in [3.8, 4) is 0 Å². The first-order valence-corrected chi connectivity index (χ1v) is 5.94. The monoisotopic (exact) mass is 255 g/mol. The first-order valence-electron chi connectivity index (χ1n) is 5.94. The molecule has 1 aromatic heterocycles. The van der Waals surface area contributed by atoms with Crippen molar-refractivity contribution in [2.45, 2.75) is 39.7 Å². The van der Waals surface area contributed by atoms with Crippen molar-refractivity contribution in [3.63, 3.8) is 0 Å². The van der Waals surface area contributed by atoms with Gasteiger partial charge in [-0.05, 0) is 7.05 Å². The third-order valence-corrected chi connectivity index (χ3v) is 2.53. The molecule has 0 saturated carbocycles. The predicted molar refractivity (Wildman–Crippen MR) is 66.1 cm³/mol. The quantitative estimate of drug-likeness (QED) is 0.859. The highest BCUT2D eigenvalue weighted by Crippen LogP contribution is 2.19. The number of nitrogens with zero attached hydrogens (tertiary/aromatic N) is 3. The molecule has 1 rings (SSSR count). The van der Waals surface area contributed by atoms with Crippen LogP contribution in [0.3, 0.4) is 0 Å². The summed E-state index contributed by atoms with van der Waals surface area (Å²) in [5.41, 5.74) is -0.168. The molecule has 1 unspecified atom stereocenters. The fourth-order valence-corrected chi connectivity index (χ4v) is 1.47. The highest BCUT2D eigenvalue weighted by atomic mass is 16.5. The lowest BCUT2D eigenvalue weighted by Gasteiger charge is -2.16. The summed E-state index contributed by atoms with van der Waals surface area (Å²) in [6.45, 7) is 8.61. The highest BCUT2D eigenvalue weighted by Gasteiger charge is 2.22. The summed E-state index contributed by atoms with van der Waals surface area (Å²) in [7, 11) is 1.84. The second-order valence-electron chi connectivity index (χ2n) is 5.70.